The van der Waals surface area contributed by atoms with Gasteiger partial charge in [-0.3, -0.25) is 0 Å². The Kier molecular flexibility index (Phi) is 6.10. The Morgan fingerprint density at radius 1 is 0.935 bits per heavy atom. The Hall–Kier alpha value is -0.586. The Bertz CT molecular complexity index is 756. The van der Waals surface area contributed by atoms with Crippen LogP contribution in [-0.2, 0) is 8.85 Å². The van der Waals surface area contributed by atoms with Crippen LogP contribution in [0.4, 0.5) is 0 Å². The molecule has 4 aliphatic carbocycles. The monoisotopic (exact) mass is 458 g/mol. The van der Waals surface area contributed by atoms with Gasteiger partial charge >= 0.3 is 0 Å². The van der Waals surface area contributed by atoms with E-state index in [0.717, 1.165) is 23.7 Å². The molecule has 4 aliphatic rings. The van der Waals surface area contributed by atoms with E-state index in [1.54, 1.807) is 0 Å². The highest BCUT2D eigenvalue weighted by molar-refractivity contribution is 6.76. The fourth-order valence-electron chi connectivity index (χ4n) is 7.81. The highest BCUT2D eigenvalue weighted by atomic mass is 28.4. The lowest BCUT2D eigenvalue weighted by Gasteiger charge is -2.61. The molecule has 3 saturated carbocycles. The molecule has 0 radical (unpaired) electrons. The predicted molar refractivity (Wildman–Crippen MR) is 137 cm³/mol. The van der Waals surface area contributed by atoms with E-state index in [4.69, 9.17) is 8.85 Å². The quantitative estimate of drug-likeness (QED) is 0.378. The molecule has 0 spiro atoms. The number of allylic oxidation sites excluding steroid dienone is 2. The Morgan fingerprint density at radius 3 is 2.32 bits per heavy atom. The van der Waals surface area contributed by atoms with Crippen LogP contribution < -0.4 is 0 Å². The van der Waals surface area contributed by atoms with Gasteiger partial charge in [-0.25, -0.2) is 0 Å². The van der Waals surface area contributed by atoms with Crippen LogP contribution >= 0.6 is 0 Å². The molecular formula is C27H46O2Si2. The second-order valence-electron chi connectivity index (χ2n) is 12.6. The number of hydrogen-bond acceptors (Lipinski definition) is 2. The van der Waals surface area contributed by atoms with Crippen molar-refractivity contribution in [2.45, 2.75) is 97.5 Å². The first-order valence-electron chi connectivity index (χ1n) is 12.8. The lowest BCUT2D eigenvalue weighted by molar-refractivity contribution is -0.119. The van der Waals surface area contributed by atoms with Gasteiger partial charge in [0, 0.05) is 11.5 Å². The zero-order chi connectivity index (χ0) is 22.7. The molecule has 0 aromatic heterocycles. The van der Waals surface area contributed by atoms with Gasteiger partial charge in [0.15, 0.2) is 0 Å². The van der Waals surface area contributed by atoms with Crippen molar-refractivity contribution < 1.29 is 8.85 Å². The van der Waals surface area contributed by atoms with E-state index in [9.17, 15) is 0 Å². The predicted octanol–water partition coefficient (Wildman–Crippen LogP) is 7.79. The van der Waals surface area contributed by atoms with Crippen LogP contribution in [0.25, 0.3) is 0 Å². The standard InChI is InChI=1S/C27H46O2Si2/c1-9-30(5,6)28-21-15-17-26(3)20(19-21)11-12-22-23-13-14-25(29-31(7,8)10-2)27(23,4)18-16-24(22)26/h9-10,14,20-24H,1-2,11-13,15-19H2,3-8H3/t20-,21-,22?,23?,24?,26-,27-/m0/s1. The SMILES string of the molecule is C=C[Si](C)(C)OC1=CCC2C3CC[C@H]4C[C@@H](O[Si](C)(C)C=C)CC[C@]4(C)C3CC[C@]12C. The molecule has 3 unspecified atom stereocenters. The summed E-state index contributed by atoms with van der Waals surface area (Å²) in [6.45, 7) is 22.4. The molecule has 0 bridgehead atoms. The highest BCUT2D eigenvalue weighted by Crippen LogP contribution is 2.66. The van der Waals surface area contributed by atoms with Crippen molar-refractivity contribution in [1.29, 1.82) is 0 Å². The third kappa shape index (κ3) is 4.10. The first-order valence-corrected chi connectivity index (χ1v) is 18.8. The van der Waals surface area contributed by atoms with E-state index in [-0.39, 0.29) is 5.41 Å². The van der Waals surface area contributed by atoms with Crippen LogP contribution in [-0.4, -0.2) is 22.7 Å². The molecule has 4 rings (SSSR count). The summed E-state index contributed by atoms with van der Waals surface area (Å²) in [6.07, 6.45) is 13.5. The van der Waals surface area contributed by atoms with Gasteiger partial charge < -0.3 is 8.85 Å². The molecule has 0 aliphatic heterocycles. The van der Waals surface area contributed by atoms with Gasteiger partial charge in [-0.2, -0.15) is 0 Å². The molecule has 0 aromatic carbocycles. The second-order valence-corrected chi connectivity index (χ2v) is 20.3. The lowest BCUT2D eigenvalue weighted by atomic mass is 9.45. The zero-order valence-corrected chi connectivity index (χ0v) is 23.0. The smallest absolute Gasteiger partial charge is 0.268 e. The van der Waals surface area contributed by atoms with Crippen molar-refractivity contribution in [3.8, 4) is 0 Å². The minimum atomic E-state index is -1.80. The van der Waals surface area contributed by atoms with Gasteiger partial charge in [0.1, 0.15) is 0 Å². The van der Waals surface area contributed by atoms with Crippen LogP contribution in [0.1, 0.15) is 65.2 Å². The molecule has 0 heterocycles. The topological polar surface area (TPSA) is 18.5 Å². The van der Waals surface area contributed by atoms with Crippen LogP contribution in [0.5, 0.6) is 0 Å². The third-order valence-electron chi connectivity index (χ3n) is 9.95. The molecule has 0 saturated heterocycles. The molecular weight excluding hydrogens is 412 g/mol. The maximum Gasteiger partial charge on any atom is 0.268 e. The number of rotatable bonds is 6. The highest BCUT2D eigenvalue weighted by Gasteiger charge is 2.59. The minimum absolute atomic E-state index is 0.248. The average Bonchev–Trinajstić information content (AvgIpc) is 3.04. The molecule has 3 fully saturated rings. The van der Waals surface area contributed by atoms with E-state index < -0.39 is 16.6 Å². The molecule has 0 aromatic rings. The van der Waals surface area contributed by atoms with E-state index >= 15 is 0 Å². The van der Waals surface area contributed by atoms with Gasteiger partial charge in [-0.15, -0.1) is 13.2 Å². The molecule has 0 amide bonds. The summed E-state index contributed by atoms with van der Waals surface area (Å²) >= 11 is 0. The Balaban J connectivity index is 1.48. The summed E-state index contributed by atoms with van der Waals surface area (Å²) in [7, 11) is -3.50. The molecule has 0 N–H and O–H groups in total. The number of hydrogen-bond donors (Lipinski definition) is 0. The van der Waals surface area contributed by atoms with Gasteiger partial charge in [-0.05, 0) is 113 Å². The Morgan fingerprint density at radius 2 is 1.65 bits per heavy atom. The van der Waals surface area contributed by atoms with Crippen molar-refractivity contribution in [3.63, 3.8) is 0 Å². The summed E-state index contributed by atoms with van der Waals surface area (Å²) in [5.74, 6) is 4.67. The zero-order valence-electron chi connectivity index (χ0n) is 21.0. The Labute approximate surface area is 193 Å². The van der Waals surface area contributed by atoms with Crippen LogP contribution in [0.3, 0.4) is 0 Å². The summed E-state index contributed by atoms with van der Waals surface area (Å²) in [4.78, 5) is 0. The van der Waals surface area contributed by atoms with Crippen LogP contribution in [0.15, 0.2) is 36.4 Å². The summed E-state index contributed by atoms with van der Waals surface area (Å²) in [6, 6.07) is 0. The maximum absolute atomic E-state index is 6.66. The second kappa shape index (κ2) is 8.02. The number of fused-ring (bicyclic) bond motifs is 5. The van der Waals surface area contributed by atoms with E-state index in [1.807, 2.05) is 0 Å². The van der Waals surface area contributed by atoms with Crippen LogP contribution in [0, 0.1) is 34.5 Å². The average molecular weight is 459 g/mol. The van der Waals surface area contributed by atoms with E-state index in [0.29, 0.717) is 11.5 Å². The van der Waals surface area contributed by atoms with Crippen molar-refractivity contribution in [1.82, 2.24) is 0 Å². The minimum Gasteiger partial charge on any atom is -0.543 e. The summed E-state index contributed by atoms with van der Waals surface area (Å²) in [5, 5.41) is 0. The normalized spacial score (nSPS) is 42.6. The lowest BCUT2D eigenvalue weighted by Crippen LogP contribution is -2.54. The molecule has 174 valence electrons. The van der Waals surface area contributed by atoms with Crippen molar-refractivity contribution in [3.05, 3.63) is 36.4 Å². The third-order valence-corrected chi connectivity index (χ3v) is 13.6. The van der Waals surface area contributed by atoms with E-state index in [1.165, 1.54) is 57.1 Å². The van der Waals surface area contributed by atoms with Crippen molar-refractivity contribution in [2.24, 2.45) is 34.5 Å². The van der Waals surface area contributed by atoms with Gasteiger partial charge in [0.2, 0.25) is 8.32 Å². The van der Waals surface area contributed by atoms with Gasteiger partial charge in [0.05, 0.1) is 5.76 Å². The molecule has 7 atom stereocenters. The fourth-order valence-corrected chi connectivity index (χ4v) is 9.95. The van der Waals surface area contributed by atoms with E-state index in [2.05, 4.69) is 70.7 Å². The van der Waals surface area contributed by atoms with Gasteiger partial charge in [0.25, 0.3) is 8.32 Å². The first-order chi connectivity index (χ1) is 14.4. The molecule has 2 nitrogen and oxygen atoms in total. The first kappa shape index (κ1) is 23.6. The summed E-state index contributed by atoms with van der Waals surface area (Å²) in [5.41, 5.74) is 4.93. The van der Waals surface area contributed by atoms with Crippen molar-refractivity contribution in [2.75, 3.05) is 0 Å². The molecule has 4 heteroatoms. The fraction of sp³-hybridized carbons (Fsp3) is 0.778. The molecule has 31 heavy (non-hydrogen) atoms. The largest absolute Gasteiger partial charge is 0.543 e. The van der Waals surface area contributed by atoms with Crippen LogP contribution in [0.2, 0.25) is 26.2 Å². The van der Waals surface area contributed by atoms with Crippen molar-refractivity contribution >= 4 is 16.6 Å². The maximum atomic E-state index is 6.66. The summed E-state index contributed by atoms with van der Waals surface area (Å²) < 4.78 is 13.3. The van der Waals surface area contributed by atoms with Gasteiger partial charge in [-0.1, -0.05) is 25.2 Å².